The number of hydrogen-bond donors (Lipinski definition) is 3. The molecule has 3 aromatic rings. The lowest BCUT2D eigenvalue weighted by molar-refractivity contribution is -0.192. The van der Waals surface area contributed by atoms with Crippen molar-refractivity contribution in [2.45, 2.75) is 19.3 Å². The van der Waals surface area contributed by atoms with Gasteiger partial charge in [0.2, 0.25) is 5.95 Å². The van der Waals surface area contributed by atoms with E-state index in [1.165, 1.54) is 22.2 Å². The Morgan fingerprint density at radius 2 is 1.89 bits per heavy atom. The van der Waals surface area contributed by atoms with Crippen LogP contribution in [0.2, 0.25) is 0 Å². The Morgan fingerprint density at radius 1 is 1.24 bits per heavy atom. The summed E-state index contributed by atoms with van der Waals surface area (Å²) in [4.78, 5) is 31.7. The molecule has 202 valence electrons. The Kier molecular flexibility index (Phi) is 10.8. The van der Waals surface area contributed by atoms with E-state index < -0.39 is 23.9 Å². The fourth-order valence-corrected chi connectivity index (χ4v) is 3.55. The van der Waals surface area contributed by atoms with Crippen LogP contribution >= 0.6 is 11.3 Å². The molecule has 0 radical (unpaired) electrons. The number of methoxy groups -OCH3 is 1. The molecular weight excluding hydrogens is 529 g/mol. The first-order valence-corrected chi connectivity index (χ1v) is 11.1. The van der Waals surface area contributed by atoms with Gasteiger partial charge in [0.1, 0.15) is 6.33 Å². The Balaban J connectivity index is 0.000000604. The zero-order chi connectivity index (χ0) is 27.6. The van der Waals surface area contributed by atoms with Crippen molar-refractivity contribution in [2.24, 2.45) is 5.73 Å². The van der Waals surface area contributed by atoms with E-state index in [0.717, 1.165) is 20.0 Å². The first kappa shape index (κ1) is 29.5. The largest absolute Gasteiger partial charge is 0.490 e. The maximum atomic E-state index is 12.8. The quantitative estimate of drug-likeness (QED) is 0.255. The Labute approximate surface area is 210 Å². The van der Waals surface area contributed by atoms with Gasteiger partial charge in [0.05, 0.1) is 19.7 Å². The Morgan fingerprint density at radius 3 is 2.43 bits per heavy atom. The van der Waals surface area contributed by atoms with Crippen LogP contribution in [0.15, 0.2) is 47.3 Å². The standard InChI is InChI=1S/C18H21F2N7O2S.C2HF3O2/c1-29-5-4-22-17-23-7-13(8-24-17)15-3-2-14(30-15)10-26-11-25-27(18(26)28)9-12(6-21)16(19)20;3-2(4,5)1(6)7/h2-3,7-8,11H,4-6,9-10,21H2,1H3,(H,22,23,24);(H,6,7). The van der Waals surface area contributed by atoms with Gasteiger partial charge in [-0.05, 0) is 12.1 Å². The van der Waals surface area contributed by atoms with E-state index >= 15 is 0 Å². The van der Waals surface area contributed by atoms with Crippen LogP contribution in [-0.4, -0.2) is 68.4 Å². The first-order valence-electron chi connectivity index (χ1n) is 10.3. The fourth-order valence-electron chi connectivity index (χ4n) is 2.57. The van der Waals surface area contributed by atoms with Crippen molar-refractivity contribution in [3.63, 3.8) is 0 Å². The molecule has 0 amide bonds. The van der Waals surface area contributed by atoms with Crippen LogP contribution in [0.1, 0.15) is 4.88 Å². The maximum absolute atomic E-state index is 12.8. The zero-order valence-electron chi connectivity index (χ0n) is 19.2. The van der Waals surface area contributed by atoms with Crippen molar-refractivity contribution in [3.8, 4) is 10.4 Å². The highest BCUT2D eigenvalue weighted by Gasteiger charge is 2.38. The number of halogens is 5. The molecule has 11 nitrogen and oxygen atoms in total. The van der Waals surface area contributed by atoms with Gasteiger partial charge in [-0.15, -0.1) is 11.3 Å². The van der Waals surface area contributed by atoms with Gasteiger partial charge in [-0.25, -0.2) is 24.2 Å². The van der Waals surface area contributed by atoms with E-state index in [2.05, 4.69) is 20.4 Å². The van der Waals surface area contributed by atoms with Crippen LogP contribution in [0, 0.1) is 0 Å². The highest BCUT2D eigenvalue weighted by Crippen LogP contribution is 2.27. The molecule has 0 spiro atoms. The second-order valence-corrected chi connectivity index (χ2v) is 8.22. The lowest BCUT2D eigenvalue weighted by atomic mass is 10.3. The molecule has 0 unspecified atom stereocenters. The lowest BCUT2D eigenvalue weighted by Gasteiger charge is -2.04. The number of nitrogens with two attached hydrogens (primary N) is 1. The maximum Gasteiger partial charge on any atom is 0.490 e. The summed E-state index contributed by atoms with van der Waals surface area (Å²) in [6.45, 7) is 0.784. The molecule has 4 N–H and O–H groups in total. The average molecular weight is 551 g/mol. The van der Waals surface area contributed by atoms with Crippen LogP contribution in [-0.2, 0) is 22.6 Å². The van der Waals surface area contributed by atoms with Crippen molar-refractivity contribution in [1.82, 2.24) is 24.3 Å². The van der Waals surface area contributed by atoms with Gasteiger partial charge in [-0.1, -0.05) is 0 Å². The number of alkyl halides is 3. The number of ether oxygens (including phenoxy) is 1. The third-order valence-electron chi connectivity index (χ3n) is 4.41. The number of hydrogen-bond acceptors (Lipinski definition) is 9. The first-order chi connectivity index (χ1) is 17.5. The van der Waals surface area contributed by atoms with E-state index in [4.69, 9.17) is 20.4 Å². The number of nitrogens with zero attached hydrogens (tertiary/aromatic N) is 5. The number of thiophene rings is 1. The highest BCUT2D eigenvalue weighted by molar-refractivity contribution is 7.15. The van der Waals surface area contributed by atoms with Crippen molar-refractivity contribution in [1.29, 1.82) is 0 Å². The van der Waals surface area contributed by atoms with Gasteiger partial charge in [-0.2, -0.15) is 27.1 Å². The minimum atomic E-state index is -5.08. The van der Waals surface area contributed by atoms with E-state index in [-0.39, 0.29) is 25.2 Å². The molecular formula is C20H22F5N7O4S. The minimum Gasteiger partial charge on any atom is -0.475 e. The van der Waals surface area contributed by atoms with Gasteiger partial charge >= 0.3 is 17.8 Å². The molecule has 3 heterocycles. The summed E-state index contributed by atoms with van der Waals surface area (Å²) in [5, 5.41) is 14.1. The predicted molar refractivity (Wildman–Crippen MR) is 123 cm³/mol. The summed E-state index contributed by atoms with van der Waals surface area (Å²) < 4.78 is 64.6. The van der Waals surface area contributed by atoms with Crippen LogP contribution in [0.25, 0.3) is 10.4 Å². The molecule has 3 rings (SSSR count). The molecule has 37 heavy (non-hydrogen) atoms. The third kappa shape index (κ3) is 9.03. The summed E-state index contributed by atoms with van der Waals surface area (Å²) >= 11 is 1.48. The number of aromatic nitrogens is 5. The number of carboxylic acid groups (broad SMARTS) is 1. The molecule has 0 saturated carbocycles. The number of aliphatic carboxylic acids is 1. The lowest BCUT2D eigenvalue weighted by Crippen LogP contribution is -2.27. The van der Waals surface area contributed by atoms with E-state index in [0.29, 0.717) is 19.1 Å². The number of rotatable bonds is 10. The van der Waals surface area contributed by atoms with Gasteiger partial charge in [0.25, 0.3) is 6.08 Å². The molecule has 0 fully saturated rings. The summed E-state index contributed by atoms with van der Waals surface area (Å²) in [5.74, 6) is -2.24. The molecule has 0 aliphatic rings. The van der Waals surface area contributed by atoms with Crippen LogP contribution in [0.3, 0.4) is 0 Å². The van der Waals surface area contributed by atoms with Crippen molar-refractivity contribution < 1.29 is 36.6 Å². The predicted octanol–water partition coefficient (Wildman–Crippen LogP) is 2.41. The molecule has 0 atom stereocenters. The summed E-state index contributed by atoms with van der Waals surface area (Å²) in [6, 6.07) is 3.81. The van der Waals surface area contributed by atoms with Gasteiger partial charge in [0.15, 0.2) is 0 Å². The van der Waals surface area contributed by atoms with Gasteiger partial charge in [-0.3, -0.25) is 4.57 Å². The SMILES string of the molecule is COCCNc1ncc(-c2ccc(Cn3cnn(CC(CN)=C(F)F)c3=O)s2)cn1.O=C(O)C(F)(F)F. The number of anilines is 1. The topological polar surface area (TPSA) is 150 Å². The average Bonchev–Trinajstić information content (AvgIpc) is 3.45. The van der Waals surface area contributed by atoms with Crippen LogP contribution < -0.4 is 16.7 Å². The number of nitrogens with one attached hydrogen (secondary N) is 1. The number of carboxylic acids is 1. The van der Waals surface area contributed by atoms with Crippen LogP contribution in [0.5, 0.6) is 0 Å². The highest BCUT2D eigenvalue weighted by atomic mass is 32.1. The zero-order valence-corrected chi connectivity index (χ0v) is 20.0. The van der Waals surface area contributed by atoms with E-state index in [9.17, 15) is 26.7 Å². The fraction of sp³-hybridized carbons (Fsp3) is 0.350. The molecule has 0 aromatic carbocycles. The van der Waals surface area contributed by atoms with Gasteiger partial charge in [0, 0.05) is 53.5 Å². The van der Waals surface area contributed by atoms with Crippen LogP contribution in [0.4, 0.5) is 27.9 Å². The normalized spacial score (nSPS) is 11.0. The molecule has 0 aliphatic carbocycles. The Hall–Kier alpha value is -3.70. The third-order valence-corrected chi connectivity index (χ3v) is 5.53. The summed E-state index contributed by atoms with van der Waals surface area (Å²) in [6.07, 6.45) is -2.21. The van der Waals surface area contributed by atoms with E-state index in [1.807, 2.05) is 12.1 Å². The molecule has 0 aliphatic heterocycles. The summed E-state index contributed by atoms with van der Waals surface area (Å²) in [5.41, 5.74) is 5.35. The summed E-state index contributed by atoms with van der Waals surface area (Å²) in [7, 11) is 1.62. The monoisotopic (exact) mass is 551 g/mol. The van der Waals surface area contributed by atoms with Crippen molar-refractivity contribution in [3.05, 3.63) is 57.9 Å². The minimum absolute atomic E-state index is 0.279. The molecule has 0 saturated heterocycles. The van der Waals surface area contributed by atoms with Crippen molar-refractivity contribution in [2.75, 3.05) is 32.1 Å². The smallest absolute Gasteiger partial charge is 0.475 e. The van der Waals surface area contributed by atoms with Gasteiger partial charge < -0.3 is 20.9 Å². The second-order valence-electron chi connectivity index (χ2n) is 7.05. The number of carbonyl (C=O) groups is 1. The molecule has 17 heteroatoms. The van der Waals surface area contributed by atoms with E-state index in [1.54, 1.807) is 19.5 Å². The molecule has 0 bridgehead atoms. The second kappa shape index (κ2) is 13.6. The molecule has 3 aromatic heterocycles. The van der Waals surface area contributed by atoms with Crippen molar-refractivity contribution >= 4 is 23.3 Å². The Bertz CT molecular complexity index is 1250.